The second-order valence-corrected chi connectivity index (χ2v) is 5.31. The van der Waals surface area contributed by atoms with Crippen molar-refractivity contribution >= 4 is 0 Å². The Hall–Kier alpha value is -0.120. The van der Waals surface area contributed by atoms with E-state index in [-0.39, 0.29) is 0 Å². The molecule has 0 aliphatic heterocycles. The number of nitrogens with two attached hydrogens (primary N) is 2. The van der Waals surface area contributed by atoms with Crippen molar-refractivity contribution in [2.75, 3.05) is 19.7 Å². The third-order valence-corrected chi connectivity index (χ3v) is 3.83. The van der Waals surface area contributed by atoms with E-state index in [0.717, 1.165) is 25.6 Å². The predicted molar refractivity (Wildman–Crippen MR) is 72.9 cm³/mol. The lowest BCUT2D eigenvalue weighted by Crippen LogP contribution is -2.26. The van der Waals surface area contributed by atoms with Gasteiger partial charge in [-0.15, -0.1) is 0 Å². The molecule has 0 heterocycles. The summed E-state index contributed by atoms with van der Waals surface area (Å²) in [5.41, 5.74) is 11.1. The molecule has 3 heteroatoms. The van der Waals surface area contributed by atoms with Crippen molar-refractivity contribution in [2.45, 2.75) is 63.9 Å². The predicted octanol–water partition coefficient (Wildman–Crippen LogP) is 2.43. The molecule has 0 aromatic carbocycles. The van der Waals surface area contributed by atoms with Crippen LogP contribution in [-0.4, -0.2) is 25.8 Å². The third-order valence-electron chi connectivity index (χ3n) is 3.83. The molecule has 0 aromatic rings. The Morgan fingerprint density at radius 2 is 1.47 bits per heavy atom. The topological polar surface area (TPSA) is 61.3 Å². The van der Waals surface area contributed by atoms with Crippen LogP contribution in [-0.2, 0) is 4.74 Å². The average Bonchev–Trinajstić information content (AvgIpc) is 2.38. The molecule has 17 heavy (non-hydrogen) atoms. The highest BCUT2D eigenvalue weighted by Crippen LogP contribution is 2.25. The Kier molecular flexibility index (Phi) is 8.67. The molecule has 1 saturated carbocycles. The van der Waals surface area contributed by atoms with E-state index in [4.69, 9.17) is 16.2 Å². The summed E-state index contributed by atoms with van der Waals surface area (Å²) in [7, 11) is 0. The van der Waals surface area contributed by atoms with Crippen LogP contribution in [0.25, 0.3) is 0 Å². The molecule has 102 valence electrons. The van der Waals surface area contributed by atoms with Gasteiger partial charge in [0.05, 0.1) is 6.10 Å². The molecule has 1 rings (SSSR count). The van der Waals surface area contributed by atoms with Gasteiger partial charge in [0.15, 0.2) is 0 Å². The number of unbranched alkanes of at least 4 members (excludes halogenated alkanes) is 4. The standard InChI is InChI=1S/C14H30N2O/c15-10-4-2-1-3-5-11-17-14-8-6-13(12-16)7-9-14/h13-14H,1-12,15-16H2. The summed E-state index contributed by atoms with van der Waals surface area (Å²) in [6.07, 6.45) is 11.7. The number of hydrogen-bond donors (Lipinski definition) is 2. The minimum Gasteiger partial charge on any atom is -0.378 e. The van der Waals surface area contributed by atoms with Crippen molar-refractivity contribution in [2.24, 2.45) is 17.4 Å². The summed E-state index contributed by atoms with van der Waals surface area (Å²) in [6.45, 7) is 2.63. The van der Waals surface area contributed by atoms with Gasteiger partial charge in [-0.2, -0.15) is 0 Å². The summed E-state index contributed by atoms with van der Waals surface area (Å²) in [6, 6.07) is 0. The highest BCUT2D eigenvalue weighted by Gasteiger charge is 2.20. The van der Waals surface area contributed by atoms with Gasteiger partial charge in [0.2, 0.25) is 0 Å². The summed E-state index contributed by atoms with van der Waals surface area (Å²) in [4.78, 5) is 0. The fraction of sp³-hybridized carbons (Fsp3) is 1.00. The van der Waals surface area contributed by atoms with Crippen LogP contribution in [0.3, 0.4) is 0 Å². The Labute approximate surface area is 106 Å². The van der Waals surface area contributed by atoms with E-state index < -0.39 is 0 Å². The van der Waals surface area contributed by atoms with Crippen LogP contribution in [0.2, 0.25) is 0 Å². The third kappa shape index (κ3) is 7.02. The SMILES string of the molecule is NCCCCCCCOC1CCC(CN)CC1. The van der Waals surface area contributed by atoms with Crippen LogP contribution < -0.4 is 11.5 Å². The molecule has 4 N–H and O–H groups in total. The van der Waals surface area contributed by atoms with Gasteiger partial charge in [-0.05, 0) is 57.5 Å². The number of rotatable bonds is 9. The molecule has 0 amide bonds. The minimum absolute atomic E-state index is 0.516. The Morgan fingerprint density at radius 3 is 2.12 bits per heavy atom. The van der Waals surface area contributed by atoms with Gasteiger partial charge >= 0.3 is 0 Å². The molecule has 3 nitrogen and oxygen atoms in total. The largest absolute Gasteiger partial charge is 0.378 e. The van der Waals surface area contributed by atoms with Crippen LogP contribution in [0.1, 0.15) is 57.8 Å². The first-order valence-electron chi connectivity index (χ1n) is 7.38. The fourth-order valence-corrected chi connectivity index (χ4v) is 2.56. The zero-order valence-corrected chi connectivity index (χ0v) is 11.2. The lowest BCUT2D eigenvalue weighted by Gasteiger charge is -2.27. The van der Waals surface area contributed by atoms with Crippen molar-refractivity contribution in [3.8, 4) is 0 Å². The maximum absolute atomic E-state index is 5.92. The van der Waals surface area contributed by atoms with E-state index in [2.05, 4.69) is 0 Å². The van der Waals surface area contributed by atoms with Gasteiger partial charge in [-0.1, -0.05) is 19.3 Å². The first-order valence-corrected chi connectivity index (χ1v) is 7.38. The van der Waals surface area contributed by atoms with Crippen molar-refractivity contribution in [1.29, 1.82) is 0 Å². The van der Waals surface area contributed by atoms with Gasteiger partial charge < -0.3 is 16.2 Å². The van der Waals surface area contributed by atoms with Crippen LogP contribution in [0.5, 0.6) is 0 Å². The minimum atomic E-state index is 0.516. The second-order valence-electron chi connectivity index (χ2n) is 5.31. The van der Waals surface area contributed by atoms with Crippen LogP contribution >= 0.6 is 0 Å². The lowest BCUT2D eigenvalue weighted by molar-refractivity contribution is 0.0170. The van der Waals surface area contributed by atoms with E-state index >= 15 is 0 Å². The summed E-state index contributed by atoms with van der Waals surface area (Å²) in [5.74, 6) is 0.756. The molecule has 1 aliphatic rings. The van der Waals surface area contributed by atoms with Gasteiger partial charge in [-0.3, -0.25) is 0 Å². The maximum Gasteiger partial charge on any atom is 0.0575 e. The molecule has 1 aliphatic carbocycles. The smallest absolute Gasteiger partial charge is 0.0575 e. The second kappa shape index (κ2) is 9.86. The quantitative estimate of drug-likeness (QED) is 0.610. The molecule has 0 aromatic heterocycles. The van der Waals surface area contributed by atoms with Crippen LogP contribution in [0, 0.1) is 5.92 Å². The number of hydrogen-bond acceptors (Lipinski definition) is 3. The Balaban J connectivity index is 1.87. The zero-order chi connectivity index (χ0) is 12.3. The van der Waals surface area contributed by atoms with Crippen LogP contribution in [0.15, 0.2) is 0 Å². The van der Waals surface area contributed by atoms with Crippen molar-refractivity contribution < 1.29 is 4.74 Å². The molecular weight excluding hydrogens is 212 g/mol. The molecule has 0 bridgehead atoms. The van der Waals surface area contributed by atoms with E-state index in [1.165, 1.54) is 57.8 Å². The molecule has 0 spiro atoms. The molecular formula is C14H30N2O. The highest BCUT2D eigenvalue weighted by molar-refractivity contribution is 4.73. The molecule has 0 unspecified atom stereocenters. The van der Waals surface area contributed by atoms with Gasteiger partial charge in [0.1, 0.15) is 0 Å². The van der Waals surface area contributed by atoms with E-state index in [0.29, 0.717) is 6.10 Å². The highest BCUT2D eigenvalue weighted by atomic mass is 16.5. The van der Waals surface area contributed by atoms with E-state index in [1.807, 2.05) is 0 Å². The maximum atomic E-state index is 5.92. The van der Waals surface area contributed by atoms with Crippen molar-refractivity contribution in [3.63, 3.8) is 0 Å². The van der Waals surface area contributed by atoms with E-state index in [9.17, 15) is 0 Å². The van der Waals surface area contributed by atoms with Gasteiger partial charge in [-0.25, -0.2) is 0 Å². The average molecular weight is 242 g/mol. The normalized spacial score (nSPS) is 25.1. The zero-order valence-electron chi connectivity index (χ0n) is 11.2. The van der Waals surface area contributed by atoms with Gasteiger partial charge in [0, 0.05) is 6.61 Å². The summed E-state index contributed by atoms with van der Waals surface area (Å²) < 4.78 is 5.92. The summed E-state index contributed by atoms with van der Waals surface area (Å²) in [5, 5.41) is 0. The Bertz CT molecular complexity index is 168. The fourth-order valence-electron chi connectivity index (χ4n) is 2.56. The monoisotopic (exact) mass is 242 g/mol. The first-order chi connectivity index (χ1) is 8.36. The van der Waals surface area contributed by atoms with Crippen LogP contribution in [0.4, 0.5) is 0 Å². The Morgan fingerprint density at radius 1 is 0.824 bits per heavy atom. The van der Waals surface area contributed by atoms with Crippen molar-refractivity contribution in [1.82, 2.24) is 0 Å². The summed E-state index contributed by atoms with van der Waals surface area (Å²) >= 11 is 0. The van der Waals surface area contributed by atoms with Gasteiger partial charge in [0.25, 0.3) is 0 Å². The first kappa shape index (κ1) is 14.9. The van der Waals surface area contributed by atoms with E-state index in [1.54, 1.807) is 0 Å². The van der Waals surface area contributed by atoms with Crippen molar-refractivity contribution in [3.05, 3.63) is 0 Å². The molecule has 0 atom stereocenters. The molecule has 0 radical (unpaired) electrons. The molecule has 1 fully saturated rings. The molecule has 0 saturated heterocycles. The number of ether oxygens (including phenoxy) is 1. The lowest BCUT2D eigenvalue weighted by atomic mass is 9.87.